The van der Waals surface area contributed by atoms with E-state index >= 15 is 0 Å². The van der Waals surface area contributed by atoms with Crippen LogP contribution in [0.2, 0.25) is 0 Å². The lowest BCUT2D eigenvalue weighted by Crippen LogP contribution is -2.16. The van der Waals surface area contributed by atoms with Crippen molar-refractivity contribution in [3.05, 3.63) is 99.8 Å². The van der Waals surface area contributed by atoms with Crippen LogP contribution in [0.4, 0.5) is 0 Å². The van der Waals surface area contributed by atoms with Gasteiger partial charge in [0.15, 0.2) is 0 Å². The molecule has 0 aliphatic heterocycles. The largest absolute Gasteiger partial charge is 0.361 e. The molecule has 0 aliphatic carbocycles. The van der Waals surface area contributed by atoms with E-state index in [2.05, 4.69) is 33.9 Å². The van der Waals surface area contributed by atoms with Gasteiger partial charge >= 0.3 is 0 Å². The summed E-state index contributed by atoms with van der Waals surface area (Å²) in [6, 6.07) is 20.7. The van der Waals surface area contributed by atoms with Crippen LogP contribution < -0.4 is 0 Å². The first-order valence-electron chi connectivity index (χ1n) is 10.0. The molecule has 1 N–H and O–H groups in total. The van der Waals surface area contributed by atoms with Crippen molar-refractivity contribution in [2.24, 2.45) is 0 Å². The molecule has 0 saturated carbocycles. The van der Waals surface area contributed by atoms with Gasteiger partial charge in [-0.1, -0.05) is 46.3 Å². The van der Waals surface area contributed by atoms with Gasteiger partial charge in [-0.25, -0.2) is 12.4 Å². The van der Waals surface area contributed by atoms with Crippen LogP contribution in [0.1, 0.15) is 22.4 Å². The van der Waals surface area contributed by atoms with Crippen molar-refractivity contribution in [3.8, 4) is 0 Å². The molecular formula is C25H21BrN2O2S. The summed E-state index contributed by atoms with van der Waals surface area (Å²) in [5.41, 5.74) is 5.80. The summed E-state index contributed by atoms with van der Waals surface area (Å²) < 4.78 is 30.0. The van der Waals surface area contributed by atoms with Crippen LogP contribution >= 0.6 is 15.9 Å². The number of nitrogens with one attached hydrogen (secondary N) is 1. The van der Waals surface area contributed by atoms with Gasteiger partial charge in [0.05, 0.1) is 10.4 Å². The maximum absolute atomic E-state index is 13.8. The predicted molar refractivity (Wildman–Crippen MR) is 129 cm³/mol. The number of benzene rings is 3. The van der Waals surface area contributed by atoms with E-state index in [1.165, 1.54) is 9.54 Å². The molecule has 2 heterocycles. The van der Waals surface area contributed by atoms with Crippen molar-refractivity contribution in [1.82, 2.24) is 8.96 Å². The molecule has 0 fully saturated rings. The van der Waals surface area contributed by atoms with Crippen LogP contribution in [-0.4, -0.2) is 17.4 Å². The van der Waals surface area contributed by atoms with Crippen LogP contribution in [0, 0.1) is 13.8 Å². The zero-order valence-electron chi connectivity index (χ0n) is 17.2. The Morgan fingerprint density at radius 1 is 0.935 bits per heavy atom. The lowest BCUT2D eigenvalue weighted by Gasteiger charge is -2.13. The third-order valence-electron chi connectivity index (χ3n) is 5.91. The summed E-state index contributed by atoms with van der Waals surface area (Å²) in [7, 11) is -3.77. The number of nitrogens with zero attached hydrogens (tertiary/aromatic N) is 1. The quantitative estimate of drug-likeness (QED) is 0.318. The van der Waals surface area contributed by atoms with Gasteiger partial charge in [0.25, 0.3) is 10.0 Å². The van der Waals surface area contributed by atoms with Crippen LogP contribution in [0.3, 0.4) is 0 Å². The molecule has 0 amide bonds. The highest BCUT2D eigenvalue weighted by Gasteiger charge is 2.26. The highest BCUT2D eigenvalue weighted by atomic mass is 79.9. The Morgan fingerprint density at radius 2 is 1.68 bits per heavy atom. The minimum Gasteiger partial charge on any atom is -0.361 e. The van der Waals surface area contributed by atoms with Gasteiger partial charge in [-0.2, -0.15) is 0 Å². The zero-order valence-corrected chi connectivity index (χ0v) is 19.6. The first kappa shape index (κ1) is 20.1. The maximum Gasteiger partial charge on any atom is 0.268 e. The van der Waals surface area contributed by atoms with E-state index in [0.29, 0.717) is 11.9 Å². The molecule has 156 valence electrons. The van der Waals surface area contributed by atoms with E-state index in [4.69, 9.17) is 0 Å². The Hall–Kier alpha value is -2.83. The Kier molecular flexibility index (Phi) is 4.79. The topological polar surface area (TPSA) is 54.9 Å². The smallest absolute Gasteiger partial charge is 0.268 e. The number of fused-ring (bicyclic) bond motifs is 2. The normalized spacial score (nSPS) is 12.1. The summed E-state index contributed by atoms with van der Waals surface area (Å²) in [5, 5.41) is 2.11. The number of rotatable bonds is 4. The number of halogens is 1. The fourth-order valence-electron chi connectivity index (χ4n) is 4.38. The molecule has 0 aliphatic rings. The van der Waals surface area contributed by atoms with E-state index in [1.807, 2.05) is 49.5 Å². The summed E-state index contributed by atoms with van der Waals surface area (Å²) in [4.78, 5) is 3.61. The fraction of sp³-hybridized carbons (Fsp3) is 0.120. The second-order valence-electron chi connectivity index (χ2n) is 7.80. The lowest BCUT2D eigenvalue weighted by molar-refractivity contribution is 0.587. The second kappa shape index (κ2) is 7.39. The van der Waals surface area contributed by atoms with E-state index in [-0.39, 0.29) is 4.90 Å². The molecule has 0 spiro atoms. The van der Waals surface area contributed by atoms with Crippen LogP contribution in [0.25, 0.3) is 21.8 Å². The van der Waals surface area contributed by atoms with Gasteiger partial charge < -0.3 is 4.98 Å². The first-order chi connectivity index (χ1) is 14.9. The number of para-hydroxylation sites is 1. The Bertz CT molecular complexity index is 1540. The third kappa shape index (κ3) is 3.22. The molecule has 3 aromatic carbocycles. The van der Waals surface area contributed by atoms with Gasteiger partial charge in [0.2, 0.25) is 0 Å². The SMILES string of the molecule is Cc1c(Cc2c[nH]c3cccc(C)c23)n(S(=O)(=O)c2ccc(Br)cc2)c2ccccc12. The molecule has 0 bridgehead atoms. The molecule has 5 aromatic rings. The molecule has 0 radical (unpaired) electrons. The van der Waals surface area contributed by atoms with Gasteiger partial charge in [-0.15, -0.1) is 0 Å². The van der Waals surface area contributed by atoms with Gasteiger partial charge in [-0.05, 0) is 66.9 Å². The maximum atomic E-state index is 13.8. The van der Waals surface area contributed by atoms with E-state index < -0.39 is 10.0 Å². The Balaban J connectivity index is 1.77. The van der Waals surface area contributed by atoms with Crippen molar-refractivity contribution in [2.75, 3.05) is 0 Å². The van der Waals surface area contributed by atoms with Crippen LogP contribution in [-0.2, 0) is 16.4 Å². The molecular weight excluding hydrogens is 472 g/mol. The monoisotopic (exact) mass is 492 g/mol. The standard InChI is InChI=1S/C25H21BrN2O2S/c1-16-6-5-8-22-25(16)18(15-27-22)14-24-17(2)21-7-3-4-9-23(21)28(24)31(29,30)20-12-10-19(26)11-13-20/h3-13,15,27H,14H2,1-2H3. The molecule has 4 nitrogen and oxygen atoms in total. The highest BCUT2D eigenvalue weighted by molar-refractivity contribution is 9.10. The van der Waals surface area contributed by atoms with Crippen LogP contribution in [0.5, 0.6) is 0 Å². The summed E-state index contributed by atoms with van der Waals surface area (Å²) in [6.45, 7) is 4.09. The number of aromatic amines is 1. The lowest BCUT2D eigenvalue weighted by atomic mass is 10.0. The average Bonchev–Trinajstić information content (AvgIpc) is 3.29. The van der Waals surface area contributed by atoms with E-state index in [1.54, 1.807) is 24.3 Å². The zero-order chi connectivity index (χ0) is 21.8. The predicted octanol–water partition coefficient (Wildman–Crippen LogP) is 6.33. The second-order valence-corrected chi connectivity index (χ2v) is 10.5. The van der Waals surface area contributed by atoms with Crippen LogP contribution in [0.15, 0.2) is 82.3 Å². The summed E-state index contributed by atoms with van der Waals surface area (Å²) >= 11 is 3.39. The third-order valence-corrected chi connectivity index (χ3v) is 8.20. The van der Waals surface area contributed by atoms with E-state index in [9.17, 15) is 8.42 Å². The molecule has 0 unspecified atom stereocenters. The molecule has 2 aromatic heterocycles. The summed E-state index contributed by atoms with van der Waals surface area (Å²) in [5.74, 6) is 0. The highest BCUT2D eigenvalue weighted by Crippen LogP contribution is 2.33. The van der Waals surface area contributed by atoms with Crippen molar-refractivity contribution in [3.63, 3.8) is 0 Å². The van der Waals surface area contributed by atoms with Gasteiger partial charge in [-0.3, -0.25) is 0 Å². The van der Waals surface area contributed by atoms with Gasteiger partial charge in [0, 0.05) is 39.1 Å². The molecule has 0 atom stereocenters. The number of hydrogen-bond acceptors (Lipinski definition) is 2. The number of hydrogen-bond donors (Lipinski definition) is 1. The molecule has 31 heavy (non-hydrogen) atoms. The average molecular weight is 493 g/mol. The van der Waals surface area contributed by atoms with Crippen molar-refractivity contribution >= 4 is 47.8 Å². The Labute approximate surface area is 189 Å². The van der Waals surface area contributed by atoms with Crippen molar-refractivity contribution in [2.45, 2.75) is 25.2 Å². The van der Waals surface area contributed by atoms with Crippen molar-refractivity contribution in [1.29, 1.82) is 0 Å². The number of aromatic nitrogens is 2. The number of H-pyrrole nitrogens is 1. The fourth-order valence-corrected chi connectivity index (χ4v) is 6.25. The number of aryl methyl sites for hydroxylation is 2. The molecule has 6 heteroatoms. The first-order valence-corrected chi connectivity index (χ1v) is 12.3. The molecule has 0 saturated heterocycles. The minimum atomic E-state index is -3.77. The summed E-state index contributed by atoms with van der Waals surface area (Å²) in [6.07, 6.45) is 2.51. The Morgan fingerprint density at radius 3 is 2.45 bits per heavy atom. The van der Waals surface area contributed by atoms with Crippen molar-refractivity contribution < 1.29 is 8.42 Å². The van der Waals surface area contributed by atoms with E-state index in [0.717, 1.165) is 37.6 Å². The van der Waals surface area contributed by atoms with Gasteiger partial charge in [0.1, 0.15) is 0 Å². The minimum absolute atomic E-state index is 0.271. The molecule has 5 rings (SSSR count).